The van der Waals surface area contributed by atoms with Gasteiger partial charge in [-0.1, -0.05) is 0 Å². The van der Waals surface area contributed by atoms with Crippen LogP contribution in [0.1, 0.15) is 45.1 Å². The number of hydrogen-bond donors (Lipinski definition) is 0. The Kier molecular flexibility index (Phi) is 7.25. The average molecular weight is 397 g/mol. The molecule has 0 aliphatic carbocycles. The van der Waals surface area contributed by atoms with Gasteiger partial charge in [-0.05, 0) is 50.5 Å². The van der Waals surface area contributed by atoms with Gasteiger partial charge in [-0.2, -0.15) is 0 Å². The molecule has 0 bridgehead atoms. The Hall–Kier alpha value is -0.690. The summed E-state index contributed by atoms with van der Waals surface area (Å²) in [6.45, 7) is 9.10. The predicted molar refractivity (Wildman–Crippen MR) is 85.9 cm³/mol. The summed E-state index contributed by atoms with van der Waals surface area (Å²) >= 11 is 3.23. The average Bonchev–Trinajstić information content (AvgIpc) is 2.68. The molecule has 1 rings (SSSR count). The first kappa shape index (κ1) is 19.4. The summed E-state index contributed by atoms with van der Waals surface area (Å²) < 4.78 is 30.5. The molecule has 0 aromatic carbocycles. The number of esters is 1. The molecule has 0 saturated carbocycles. The zero-order valence-corrected chi connectivity index (χ0v) is 15.9. The van der Waals surface area contributed by atoms with E-state index in [1.54, 1.807) is 34.6 Å². The van der Waals surface area contributed by atoms with Gasteiger partial charge in [-0.15, -0.1) is 0 Å². The van der Waals surface area contributed by atoms with Gasteiger partial charge in [0.2, 0.25) is 0 Å². The standard InChI is InChI=1S/C13H22BrN2O5P/c1-6-19-12(17)11-7-16(13(14)15-11)8-22(18,20-9(2)3)21-10(4)5/h7,9-10H,6,8H2,1-5H3. The lowest BCUT2D eigenvalue weighted by Crippen LogP contribution is -2.12. The third-order valence-corrected chi connectivity index (χ3v) is 5.05. The molecule has 0 saturated heterocycles. The van der Waals surface area contributed by atoms with Crippen LogP contribution in [-0.2, 0) is 24.6 Å². The maximum atomic E-state index is 12.8. The molecular weight excluding hydrogens is 375 g/mol. The topological polar surface area (TPSA) is 79.7 Å². The maximum absolute atomic E-state index is 12.8. The summed E-state index contributed by atoms with van der Waals surface area (Å²) in [4.78, 5) is 15.7. The van der Waals surface area contributed by atoms with Crippen LogP contribution in [0.4, 0.5) is 0 Å². The molecule has 126 valence electrons. The van der Waals surface area contributed by atoms with Crippen molar-refractivity contribution in [2.75, 3.05) is 6.61 Å². The van der Waals surface area contributed by atoms with E-state index in [9.17, 15) is 9.36 Å². The fourth-order valence-electron chi connectivity index (χ4n) is 1.72. The van der Waals surface area contributed by atoms with Crippen molar-refractivity contribution in [2.24, 2.45) is 0 Å². The molecule has 0 amide bonds. The molecule has 1 aromatic heterocycles. The van der Waals surface area contributed by atoms with Gasteiger partial charge >= 0.3 is 13.6 Å². The van der Waals surface area contributed by atoms with Crippen molar-refractivity contribution in [3.05, 3.63) is 16.6 Å². The monoisotopic (exact) mass is 396 g/mol. The van der Waals surface area contributed by atoms with Crippen molar-refractivity contribution >= 4 is 29.5 Å². The number of carbonyl (C=O) groups is 1. The Labute approximate surface area is 139 Å². The highest BCUT2D eigenvalue weighted by Crippen LogP contribution is 2.52. The molecule has 0 fully saturated rings. The van der Waals surface area contributed by atoms with Crippen molar-refractivity contribution < 1.29 is 23.1 Å². The molecule has 0 radical (unpaired) electrons. The third-order valence-electron chi connectivity index (χ3n) is 2.28. The maximum Gasteiger partial charge on any atom is 0.358 e. The number of nitrogens with zero attached hydrogens (tertiary/aromatic N) is 2. The molecule has 22 heavy (non-hydrogen) atoms. The normalized spacial score (nSPS) is 12.2. The number of rotatable bonds is 8. The van der Waals surface area contributed by atoms with Gasteiger partial charge in [0, 0.05) is 6.20 Å². The van der Waals surface area contributed by atoms with Crippen molar-refractivity contribution in [1.29, 1.82) is 0 Å². The van der Waals surface area contributed by atoms with Gasteiger partial charge in [0.1, 0.15) is 6.29 Å². The summed E-state index contributed by atoms with van der Waals surface area (Å²) in [5, 5.41) is 0. The summed E-state index contributed by atoms with van der Waals surface area (Å²) in [7, 11) is -3.37. The lowest BCUT2D eigenvalue weighted by molar-refractivity contribution is 0.0519. The Morgan fingerprint density at radius 1 is 1.32 bits per heavy atom. The zero-order chi connectivity index (χ0) is 16.9. The largest absolute Gasteiger partial charge is 0.461 e. The molecule has 7 nitrogen and oxygen atoms in total. The minimum atomic E-state index is -3.37. The molecule has 1 aromatic rings. The second-order valence-corrected chi connectivity index (χ2v) is 7.78. The number of aromatic nitrogens is 2. The van der Waals surface area contributed by atoms with Crippen LogP contribution < -0.4 is 0 Å². The lowest BCUT2D eigenvalue weighted by Gasteiger charge is -2.23. The lowest BCUT2D eigenvalue weighted by atomic mass is 10.5. The van der Waals surface area contributed by atoms with E-state index >= 15 is 0 Å². The fourth-order valence-corrected chi connectivity index (χ4v) is 4.39. The Bertz CT molecular complexity index is 545. The molecular formula is C13H22BrN2O5P. The van der Waals surface area contributed by atoms with E-state index in [0.717, 1.165) is 0 Å². The van der Waals surface area contributed by atoms with Crippen molar-refractivity contribution in [3.8, 4) is 0 Å². The van der Waals surface area contributed by atoms with E-state index in [2.05, 4.69) is 20.9 Å². The summed E-state index contributed by atoms with van der Waals surface area (Å²) in [6.07, 6.45) is 0.908. The Morgan fingerprint density at radius 3 is 2.32 bits per heavy atom. The van der Waals surface area contributed by atoms with Crippen molar-refractivity contribution in [2.45, 2.75) is 53.1 Å². The van der Waals surface area contributed by atoms with E-state index in [0.29, 0.717) is 4.73 Å². The summed E-state index contributed by atoms with van der Waals surface area (Å²) in [5.41, 5.74) is 0.134. The van der Waals surface area contributed by atoms with Gasteiger partial charge in [-0.25, -0.2) is 9.78 Å². The SMILES string of the molecule is CCOC(=O)c1cn(CP(=O)(OC(C)C)OC(C)C)c(Br)n1. The van der Waals surface area contributed by atoms with Crippen molar-refractivity contribution in [1.82, 2.24) is 9.55 Å². The second kappa shape index (κ2) is 8.24. The van der Waals surface area contributed by atoms with E-state index in [4.69, 9.17) is 13.8 Å². The predicted octanol–water partition coefficient (Wildman–Crippen LogP) is 3.82. The minimum absolute atomic E-state index is 0.0453. The highest BCUT2D eigenvalue weighted by Gasteiger charge is 2.30. The fraction of sp³-hybridized carbons (Fsp3) is 0.692. The van der Waals surface area contributed by atoms with Crippen LogP contribution in [0.25, 0.3) is 0 Å². The van der Waals surface area contributed by atoms with E-state index in [1.165, 1.54) is 10.8 Å². The van der Waals surface area contributed by atoms with Gasteiger partial charge < -0.3 is 18.4 Å². The van der Waals surface area contributed by atoms with Gasteiger partial charge in [0.05, 0.1) is 18.8 Å². The minimum Gasteiger partial charge on any atom is -0.461 e. The number of carbonyl (C=O) groups excluding carboxylic acids is 1. The van der Waals surface area contributed by atoms with Gasteiger partial charge in [-0.3, -0.25) is 4.57 Å². The molecule has 0 spiro atoms. The zero-order valence-electron chi connectivity index (χ0n) is 13.4. The molecule has 0 atom stereocenters. The van der Waals surface area contributed by atoms with Gasteiger partial charge in [0.25, 0.3) is 0 Å². The first-order chi connectivity index (χ1) is 10.2. The summed E-state index contributed by atoms with van der Waals surface area (Å²) in [6, 6.07) is 0. The smallest absolute Gasteiger partial charge is 0.358 e. The highest BCUT2D eigenvalue weighted by molar-refractivity contribution is 9.10. The number of halogens is 1. The van der Waals surface area contributed by atoms with Crippen LogP contribution in [0, 0.1) is 0 Å². The second-order valence-electron chi connectivity index (χ2n) is 5.15. The van der Waals surface area contributed by atoms with Crippen LogP contribution in [0.15, 0.2) is 10.9 Å². The molecule has 0 aliphatic heterocycles. The number of imidazole rings is 1. The van der Waals surface area contributed by atoms with Crippen LogP contribution in [-0.4, -0.2) is 34.3 Å². The number of ether oxygens (including phenoxy) is 1. The third kappa shape index (κ3) is 5.83. The molecule has 0 unspecified atom stereocenters. The molecule has 9 heteroatoms. The van der Waals surface area contributed by atoms with Crippen LogP contribution in [0.5, 0.6) is 0 Å². The Morgan fingerprint density at radius 2 is 1.86 bits per heavy atom. The van der Waals surface area contributed by atoms with Gasteiger partial charge in [0.15, 0.2) is 10.4 Å². The highest BCUT2D eigenvalue weighted by atomic mass is 79.9. The molecule has 0 N–H and O–H groups in total. The number of hydrogen-bond acceptors (Lipinski definition) is 6. The Balaban J connectivity index is 2.98. The van der Waals surface area contributed by atoms with E-state index in [-0.39, 0.29) is 30.8 Å². The quantitative estimate of drug-likeness (QED) is 0.490. The van der Waals surface area contributed by atoms with E-state index < -0.39 is 13.6 Å². The summed E-state index contributed by atoms with van der Waals surface area (Å²) in [5.74, 6) is -0.536. The molecule has 0 aliphatic rings. The molecule has 1 heterocycles. The van der Waals surface area contributed by atoms with Crippen molar-refractivity contribution in [3.63, 3.8) is 0 Å². The van der Waals surface area contributed by atoms with Crippen LogP contribution in [0.3, 0.4) is 0 Å². The first-order valence-electron chi connectivity index (χ1n) is 7.02. The van der Waals surface area contributed by atoms with Crippen LogP contribution in [0.2, 0.25) is 0 Å². The van der Waals surface area contributed by atoms with E-state index in [1.807, 2.05) is 0 Å². The van der Waals surface area contributed by atoms with Crippen LogP contribution >= 0.6 is 23.5 Å². The first-order valence-corrected chi connectivity index (χ1v) is 9.54.